The monoisotopic (exact) mass is 481 g/mol. The summed E-state index contributed by atoms with van der Waals surface area (Å²) in [6.45, 7) is 6.11. The van der Waals surface area contributed by atoms with Crippen molar-refractivity contribution in [3.63, 3.8) is 0 Å². The number of nitrogens with zero attached hydrogens (tertiary/aromatic N) is 2. The van der Waals surface area contributed by atoms with Crippen LogP contribution in [0.4, 0.5) is 14.5 Å². The van der Waals surface area contributed by atoms with E-state index in [0.29, 0.717) is 24.3 Å². The second-order valence-electron chi connectivity index (χ2n) is 10.5. The SMILES string of the molecule is CC(C)(C)CC(O)CNc1ccc(-c2c(C#N)c3ccc(OCC(F)F)cc3n2C2CCC2)cc1. The molecule has 2 N–H and O–H groups in total. The quantitative estimate of drug-likeness (QED) is 0.354. The van der Waals surface area contributed by atoms with Gasteiger partial charge in [-0.25, -0.2) is 8.78 Å². The highest BCUT2D eigenvalue weighted by Gasteiger charge is 2.28. The smallest absolute Gasteiger partial charge is 0.272 e. The van der Waals surface area contributed by atoms with Gasteiger partial charge in [0.25, 0.3) is 6.43 Å². The van der Waals surface area contributed by atoms with Crippen LogP contribution in [0.15, 0.2) is 42.5 Å². The van der Waals surface area contributed by atoms with Gasteiger partial charge in [0.2, 0.25) is 0 Å². The lowest BCUT2D eigenvalue weighted by Gasteiger charge is -2.30. The number of aliphatic hydroxyl groups excluding tert-OH is 1. The molecular formula is C28H33F2N3O2. The van der Waals surface area contributed by atoms with Crippen LogP contribution in [-0.4, -0.2) is 35.4 Å². The summed E-state index contributed by atoms with van der Waals surface area (Å²) in [7, 11) is 0. The molecule has 35 heavy (non-hydrogen) atoms. The molecule has 1 unspecified atom stereocenters. The Kier molecular flexibility index (Phi) is 7.32. The first-order valence-electron chi connectivity index (χ1n) is 12.2. The third-order valence-corrected chi connectivity index (χ3v) is 6.45. The largest absolute Gasteiger partial charge is 0.488 e. The Labute approximate surface area is 205 Å². The first-order valence-corrected chi connectivity index (χ1v) is 12.2. The van der Waals surface area contributed by atoms with Gasteiger partial charge < -0.3 is 19.7 Å². The van der Waals surface area contributed by atoms with Crippen molar-refractivity contribution in [1.29, 1.82) is 5.26 Å². The average molecular weight is 482 g/mol. The van der Waals surface area contributed by atoms with Gasteiger partial charge in [0, 0.05) is 29.7 Å². The van der Waals surface area contributed by atoms with Crippen LogP contribution < -0.4 is 10.1 Å². The second kappa shape index (κ2) is 10.2. The van der Waals surface area contributed by atoms with Crippen LogP contribution in [0.25, 0.3) is 22.2 Å². The summed E-state index contributed by atoms with van der Waals surface area (Å²) in [6, 6.07) is 15.7. The first-order chi connectivity index (χ1) is 16.7. The molecule has 1 aromatic heterocycles. The summed E-state index contributed by atoms with van der Waals surface area (Å²) in [5, 5.41) is 24.5. The normalized spacial score (nSPS) is 15.1. The first kappa shape index (κ1) is 25.0. The molecule has 1 heterocycles. The molecule has 1 aliphatic carbocycles. The fraction of sp³-hybridized carbons (Fsp3) is 0.464. The van der Waals surface area contributed by atoms with E-state index in [1.54, 1.807) is 18.2 Å². The van der Waals surface area contributed by atoms with Gasteiger partial charge in [0.1, 0.15) is 18.4 Å². The number of nitriles is 1. The Bertz CT molecular complexity index is 1200. The van der Waals surface area contributed by atoms with Gasteiger partial charge in [0.05, 0.1) is 22.9 Å². The molecule has 7 heteroatoms. The van der Waals surface area contributed by atoms with E-state index >= 15 is 0 Å². The molecule has 5 nitrogen and oxygen atoms in total. The summed E-state index contributed by atoms with van der Waals surface area (Å²) < 4.78 is 32.8. The summed E-state index contributed by atoms with van der Waals surface area (Å²) >= 11 is 0. The van der Waals surface area contributed by atoms with E-state index in [0.717, 1.165) is 47.1 Å². The van der Waals surface area contributed by atoms with E-state index in [1.165, 1.54) is 0 Å². The highest BCUT2D eigenvalue weighted by Crippen LogP contribution is 2.43. The number of anilines is 1. The van der Waals surface area contributed by atoms with Gasteiger partial charge in [-0.15, -0.1) is 0 Å². The fourth-order valence-corrected chi connectivity index (χ4v) is 4.72. The standard InChI is InChI=1S/C28H33F2N3O2/c1-28(2,3)14-21(34)16-32-19-9-7-18(8-10-19)27-24(15-31)23-12-11-22(35-17-26(29)30)13-25(23)33(27)20-5-4-6-20/h7-13,20-21,26,32,34H,4-6,14,16-17H2,1-3H3. The van der Waals surface area contributed by atoms with Crippen LogP contribution in [0, 0.1) is 16.7 Å². The van der Waals surface area contributed by atoms with E-state index in [9.17, 15) is 19.1 Å². The van der Waals surface area contributed by atoms with Crippen LogP contribution in [0.3, 0.4) is 0 Å². The van der Waals surface area contributed by atoms with Crippen molar-refractivity contribution in [3.05, 3.63) is 48.0 Å². The highest BCUT2D eigenvalue weighted by molar-refractivity contribution is 5.95. The third kappa shape index (κ3) is 5.76. The number of aromatic nitrogens is 1. The molecule has 4 rings (SSSR count). The van der Waals surface area contributed by atoms with E-state index in [4.69, 9.17) is 4.74 Å². The van der Waals surface area contributed by atoms with Crippen molar-refractivity contribution < 1.29 is 18.6 Å². The maximum Gasteiger partial charge on any atom is 0.272 e. The van der Waals surface area contributed by atoms with Crippen LogP contribution in [0.2, 0.25) is 0 Å². The number of ether oxygens (including phenoxy) is 1. The van der Waals surface area contributed by atoms with Crippen molar-refractivity contribution in [3.8, 4) is 23.1 Å². The topological polar surface area (TPSA) is 70.2 Å². The minimum absolute atomic E-state index is 0.0535. The van der Waals surface area contributed by atoms with Crippen LogP contribution in [0.1, 0.15) is 58.1 Å². The lowest BCUT2D eigenvalue weighted by molar-refractivity contribution is 0.0819. The van der Waals surface area contributed by atoms with Crippen molar-refractivity contribution >= 4 is 16.6 Å². The average Bonchev–Trinajstić information content (AvgIpc) is 3.07. The molecular weight excluding hydrogens is 448 g/mol. The zero-order chi connectivity index (χ0) is 25.2. The van der Waals surface area contributed by atoms with Gasteiger partial charge >= 0.3 is 0 Å². The predicted octanol–water partition coefficient (Wildman–Crippen LogP) is 6.76. The molecule has 0 radical (unpaired) electrons. The lowest BCUT2D eigenvalue weighted by Crippen LogP contribution is -2.25. The molecule has 1 saturated carbocycles. The van der Waals surface area contributed by atoms with E-state index in [2.05, 4.69) is 36.7 Å². The minimum atomic E-state index is -2.55. The fourth-order valence-electron chi connectivity index (χ4n) is 4.72. The number of hydrogen-bond donors (Lipinski definition) is 2. The molecule has 2 aromatic carbocycles. The van der Waals surface area contributed by atoms with Crippen molar-refractivity contribution in [2.24, 2.45) is 5.41 Å². The second-order valence-corrected chi connectivity index (χ2v) is 10.5. The Morgan fingerprint density at radius 3 is 2.46 bits per heavy atom. The van der Waals surface area contributed by atoms with Crippen LogP contribution in [-0.2, 0) is 0 Å². The molecule has 1 fully saturated rings. The number of fused-ring (bicyclic) bond motifs is 1. The summed E-state index contributed by atoms with van der Waals surface area (Å²) in [5.74, 6) is 0.375. The molecule has 0 amide bonds. The van der Waals surface area contributed by atoms with Gasteiger partial charge in [-0.3, -0.25) is 0 Å². The van der Waals surface area contributed by atoms with Crippen molar-refractivity contribution in [2.45, 2.75) is 65.0 Å². The maximum absolute atomic E-state index is 12.7. The molecule has 3 aromatic rings. The van der Waals surface area contributed by atoms with E-state index in [-0.39, 0.29) is 11.5 Å². The Balaban J connectivity index is 1.65. The number of hydrogen-bond acceptors (Lipinski definition) is 4. The van der Waals surface area contributed by atoms with Crippen LogP contribution in [0.5, 0.6) is 5.75 Å². The Morgan fingerprint density at radius 1 is 1.17 bits per heavy atom. The number of benzene rings is 2. The minimum Gasteiger partial charge on any atom is -0.488 e. The number of alkyl halides is 2. The molecule has 186 valence electrons. The Morgan fingerprint density at radius 2 is 1.89 bits per heavy atom. The third-order valence-electron chi connectivity index (χ3n) is 6.45. The summed E-state index contributed by atoms with van der Waals surface area (Å²) in [4.78, 5) is 0. The summed E-state index contributed by atoms with van der Waals surface area (Å²) in [6.07, 6.45) is 0.851. The van der Waals surface area contributed by atoms with E-state index < -0.39 is 19.1 Å². The lowest BCUT2D eigenvalue weighted by atomic mass is 9.89. The van der Waals surface area contributed by atoms with E-state index in [1.807, 2.05) is 24.3 Å². The number of rotatable bonds is 9. The predicted molar refractivity (Wildman–Crippen MR) is 135 cm³/mol. The van der Waals surface area contributed by atoms with Crippen molar-refractivity contribution in [2.75, 3.05) is 18.5 Å². The van der Waals surface area contributed by atoms with Gasteiger partial charge in [-0.1, -0.05) is 32.9 Å². The molecule has 0 aliphatic heterocycles. The highest BCUT2D eigenvalue weighted by atomic mass is 19.3. The molecule has 1 atom stereocenters. The van der Waals surface area contributed by atoms with Gasteiger partial charge in [-0.05, 0) is 60.9 Å². The number of nitrogens with one attached hydrogen (secondary N) is 1. The van der Waals surface area contributed by atoms with Gasteiger partial charge in [0.15, 0.2) is 0 Å². The zero-order valence-corrected chi connectivity index (χ0v) is 20.5. The molecule has 1 aliphatic rings. The number of aliphatic hydroxyl groups is 1. The molecule has 0 spiro atoms. The number of halogens is 2. The molecule has 0 bridgehead atoms. The molecule has 0 saturated heterocycles. The van der Waals surface area contributed by atoms with Crippen molar-refractivity contribution in [1.82, 2.24) is 4.57 Å². The van der Waals surface area contributed by atoms with Crippen LogP contribution >= 0.6 is 0 Å². The van der Waals surface area contributed by atoms with Gasteiger partial charge in [-0.2, -0.15) is 5.26 Å². The zero-order valence-electron chi connectivity index (χ0n) is 20.5. The summed E-state index contributed by atoms with van der Waals surface area (Å²) in [5.41, 5.74) is 4.12. The Hall–Kier alpha value is -3.11. The maximum atomic E-state index is 12.7.